The van der Waals surface area contributed by atoms with E-state index in [1.165, 1.54) is 18.2 Å². The lowest BCUT2D eigenvalue weighted by molar-refractivity contribution is -0.384. The number of hydrogen-bond donors (Lipinski definition) is 2. The summed E-state index contributed by atoms with van der Waals surface area (Å²) in [6, 6.07) is 11.1. The highest BCUT2D eigenvalue weighted by molar-refractivity contribution is 5.96. The number of nitro benzene ring substituents is 1. The van der Waals surface area contributed by atoms with Gasteiger partial charge in [0, 0.05) is 42.8 Å². The molecule has 1 saturated carbocycles. The molecule has 0 aromatic heterocycles. The number of carbonyl (C=O) groups is 1. The molecule has 30 heavy (non-hydrogen) atoms. The zero-order valence-corrected chi connectivity index (χ0v) is 16.5. The van der Waals surface area contributed by atoms with Crippen LogP contribution in [0.25, 0.3) is 0 Å². The molecule has 0 bridgehead atoms. The maximum atomic E-state index is 13.4. The first kappa shape index (κ1) is 20.3. The van der Waals surface area contributed by atoms with Gasteiger partial charge in [0.15, 0.2) is 0 Å². The summed E-state index contributed by atoms with van der Waals surface area (Å²) in [4.78, 5) is 23.4. The maximum absolute atomic E-state index is 13.4. The van der Waals surface area contributed by atoms with Gasteiger partial charge >= 0.3 is 0 Å². The van der Waals surface area contributed by atoms with Crippen LogP contribution in [0.5, 0.6) is 0 Å². The number of rotatable bonds is 7. The molecule has 1 aliphatic carbocycles. The molecule has 1 amide bonds. The van der Waals surface area contributed by atoms with Crippen LogP contribution in [-0.4, -0.2) is 36.6 Å². The molecular weight excluding hydrogens is 389 g/mol. The molecule has 0 radical (unpaired) electrons. The van der Waals surface area contributed by atoms with Crippen molar-refractivity contribution in [3.8, 4) is 0 Å². The molecule has 0 spiro atoms. The summed E-state index contributed by atoms with van der Waals surface area (Å²) in [6.07, 6.45) is 3.34. The van der Waals surface area contributed by atoms with E-state index < -0.39 is 4.92 Å². The molecule has 1 saturated heterocycles. The first-order chi connectivity index (χ1) is 14.5. The van der Waals surface area contributed by atoms with Crippen molar-refractivity contribution in [1.29, 1.82) is 0 Å². The van der Waals surface area contributed by atoms with Gasteiger partial charge in [0.2, 0.25) is 0 Å². The molecule has 2 N–H and O–H groups in total. The Kier molecular flexibility index (Phi) is 5.67. The van der Waals surface area contributed by atoms with Crippen molar-refractivity contribution in [2.45, 2.75) is 37.1 Å². The van der Waals surface area contributed by atoms with E-state index in [0.29, 0.717) is 25.4 Å². The van der Waals surface area contributed by atoms with Crippen LogP contribution in [0.1, 0.15) is 41.6 Å². The summed E-state index contributed by atoms with van der Waals surface area (Å²) in [5.41, 5.74) is 1.15. The molecule has 2 aromatic rings. The van der Waals surface area contributed by atoms with E-state index in [1.54, 1.807) is 24.3 Å². The Morgan fingerprint density at radius 3 is 2.50 bits per heavy atom. The number of carbonyl (C=O) groups excluding carboxylic acids is 1. The first-order valence-electron chi connectivity index (χ1n) is 10.1. The number of nitro groups is 1. The van der Waals surface area contributed by atoms with Crippen LogP contribution in [0.3, 0.4) is 0 Å². The molecule has 1 heterocycles. The zero-order chi connectivity index (χ0) is 21.1. The Morgan fingerprint density at radius 1 is 1.17 bits per heavy atom. The molecule has 2 aromatic carbocycles. The fourth-order valence-corrected chi connectivity index (χ4v) is 3.87. The largest absolute Gasteiger partial charge is 0.381 e. The number of nitrogens with zero attached hydrogens (tertiary/aromatic N) is 1. The number of nitrogens with one attached hydrogen (secondary N) is 2. The van der Waals surface area contributed by atoms with E-state index in [2.05, 4.69) is 10.6 Å². The van der Waals surface area contributed by atoms with Gasteiger partial charge in [-0.05, 0) is 55.5 Å². The molecule has 1 aliphatic heterocycles. The lowest BCUT2D eigenvalue weighted by Crippen LogP contribution is -2.40. The average molecular weight is 413 g/mol. The van der Waals surface area contributed by atoms with Crippen molar-refractivity contribution in [2.24, 2.45) is 0 Å². The third-order valence-electron chi connectivity index (χ3n) is 5.89. The van der Waals surface area contributed by atoms with Crippen molar-refractivity contribution >= 4 is 17.3 Å². The van der Waals surface area contributed by atoms with Crippen molar-refractivity contribution in [2.75, 3.05) is 25.1 Å². The van der Waals surface area contributed by atoms with Crippen molar-refractivity contribution in [3.05, 3.63) is 69.5 Å². The maximum Gasteiger partial charge on any atom is 0.293 e. The van der Waals surface area contributed by atoms with Crippen LogP contribution in [0.15, 0.2) is 42.5 Å². The summed E-state index contributed by atoms with van der Waals surface area (Å²) in [7, 11) is 0. The normalized spacial score (nSPS) is 17.9. The minimum absolute atomic E-state index is 0.139. The van der Waals surface area contributed by atoms with Gasteiger partial charge in [0.1, 0.15) is 11.5 Å². The quantitative estimate of drug-likeness (QED) is 0.532. The average Bonchev–Trinajstić information content (AvgIpc) is 3.57. The van der Waals surface area contributed by atoms with Gasteiger partial charge in [-0.1, -0.05) is 12.1 Å². The number of hydrogen-bond acceptors (Lipinski definition) is 5. The predicted octanol–water partition coefficient (Wildman–Crippen LogP) is 3.79. The second-order valence-electron chi connectivity index (χ2n) is 7.99. The smallest absolute Gasteiger partial charge is 0.293 e. The second-order valence-corrected chi connectivity index (χ2v) is 7.99. The van der Waals surface area contributed by atoms with E-state index >= 15 is 0 Å². The van der Waals surface area contributed by atoms with Crippen molar-refractivity contribution in [3.63, 3.8) is 0 Å². The number of benzene rings is 2. The van der Waals surface area contributed by atoms with Crippen LogP contribution in [0.2, 0.25) is 0 Å². The number of anilines is 1. The third-order valence-corrected chi connectivity index (χ3v) is 5.89. The minimum Gasteiger partial charge on any atom is -0.381 e. The summed E-state index contributed by atoms with van der Waals surface area (Å²) >= 11 is 0. The van der Waals surface area contributed by atoms with Crippen LogP contribution in [0.4, 0.5) is 15.8 Å². The predicted molar refractivity (Wildman–Crippen MR) is 110 cm³/mol. The van der Waals surface area contributed by atoms with Crippen molar-refractivity contribution in [1.82, 2.24) is 5.32 Å². The Balaban J connectivity index is 1.56. The monoisotopic (exact) mass is 413 g/mol. The molecular formula is C22H24FN3O4. The number of amides is 1. The highest BCUT2D eigenvalue weighted by Gasteiger charge is 2.35. The van der Waals surface area contributed by atoms with Crippen molar-refractivity contribution < 1.29 is 18.8 Å². The molecule has 8 heteroatoms. The van der Waals surface area contributed by atoms with Crippen LogP contribution >= 0.6 is 0 Å². The van der Waals surface area contributed by atoms with E-state index in [0.717, 1.165) is 31.2 Å². The molecule has 2 aliphatic rings. The van der Waals surface area contributed by atoms with E-state index in [-0.39, 0.29) is 34.4 Å². The SMILES string of the molecule is O=C(NC1CC1)c1ccc(NCC2(c3ccc(F)cc3)CCOCC2)c([N+](=O)[O-])c1. The third kappa shape index (κ3) is 4.43. The Labute approximate surface area is 173 Å². The topological polar surface area (TPSA) is 93.5 Å². The zero-order valence-electron chi connectivity index (χ0n) is 16.5. The fraction of sp³-hybridized carbons (Fsp3) is 0.409. The first-order valence-corrected chi connectivity index (χ1v) is 10.1. The van der Waals surface area contributed by atoms with Gasteiger partial charge < -0.3 is 15.4 Å². The van der Waals surface area contributed by atoms with Crippen LogP contribution in [-0.2, 0) is 10.2 Å². The van der Waals surface area contributed by atoms with Crippen LogP contribution < -0.4 is 10.6 Å². The van der Waals surface area contributed by atoms with Gasteiger partial charge in [0.25, 0.3) is 11.6 Å². The Bertz CT molecular complexity index is 938. The standard InChI is InChI=1S/C22H24FN3O4/c23-17-4-2-16(3-5-17)22(9-11-30-12-10-22)14-24-19-8-1-15(13-20(19)26(28)29)21(27)25-18-6-7-18/h1-5,8,13,18,24H,6-7,9-12,14H2,(H,25,27). The molecule has 0 unspecified atom stereocenters. The van der Waals surface area contributed by atoms with Gasteiger partial charge in [-0.2, -0.15) is 0 Å². The number of halogens is 1. The molecule has 7 nitrogen and oxygen atoms in total. The van der Waals surface area contributed by atoms with Gasteiger partial charge in [-0.15, -0.1) is 0 Å². The van der Waals surface area contributed by atoms with E-state index in [1.807, 2.05) is 0 Å². The lowest BCUT2D eigenvalue weighted by Gasteiger charge is -2.38. The van der Waals surface area contributed by atoms with Gasteiger partial charge in [-0.25, -0.2) is 4.39 Å². The molecule has 2 fully saturated rings. The molecule has 4 rings (SSSR count). The Hall–Kier alpha value is -3.00. The minimum atomic E-state index is -0.481. The van der Waals surface area contributed by atoms with Crippen LogP contribution in [0, 0.1) is 15.9 Å². The number of ether oxygens (including phenoxy) is 1. The highest BCUT2D eigenvalue weighted by atomic mass is 19.1. The highest BCUT2D eigenvalue weighted by Crippen LogP contribution is 2.36. The lowest BCUT2D eigenvalue weighted by atomic mass is 9.74. The summed E-state index contributed by atoms with van der Waals surface area (Å²) in [6.45, 7) is 1.58. The molecule has 158 valence electrons. The second kappa shape index (κ2) is 8.39. The summed E-state index contributed by atoms with van der Waals surface area (Å²) < 4.78 is 18.9. The summed E-state index contributed by atoms with van der Waals surface area (Å²) in [5, 5.41) is 17.7. The van der Waals surface area contributed by atoms with Gasteiger partial charge in [-0.3, -0.25) is 14.9 Å². The Morgan fingerprint density at radius 2 is 1.87 bits per heavy atom. The van der Waals surface area contributed by atoms with E-state index in [4.69, 9.17) is 4.74 Å². The summed E-state index contributed by atoms with van der Waals surface area (Å²) in [5.74, 6) is -0.594. The molecule has 0 atom stereocenters. The fourth-order valence-electron chi connectivity index (χ4n) is 3.87. The van der Waals surface area contributed by atoms with Gasteiger partial charge in [0.05, 0.1) is 4.92 Å². The van der Waals surface area contributed by atoms with E-state index in [9.17, 15) is 19.3 Å².